The van der Waals surface area contributed by atoms with Crippen molar-refractivity contribution in [2.24, 2.45) is 5.10 Å². The van der Waals surface area contributed by atoms with Crippen molar-refractivity contribution in [2.45, 2.75) is 6.92 Å². The van der Waals surface area contributed by atoms with Gasteiger partial charge in [0.25, 0.3) is 0 Å². The Morgan fingerprint density at radius 3 is 2.68 bits per heavy atom. The number of thiazole rings is 1. The van der Waals surface area contributed by atoms with Gasteiger partial charge in [-0.25, -0.2) is 9.37 Å². The second kappa shape index (κ2) is 7.67. The van der Waals surface area contributed by atoms with Crippen LogP contribution < -0.4 is 10.7 Å². The van der Waals surface area contributed by atoms with E-state index in [0.717, 1.165) is 16.9 Å². The molecule has 0 aliphatic carbocycles. The van der Waals surface area contributed by atoms with Crippen molar-refractivity contribution in [1.82, 2.24) is 4.98 Å². The van der Waals surface area contributed by atoms with E-state index in [2.05, 4.69) is 20.8 Å². The molecule has 0 fully saturated rings. The van der Waals surface area contributed by atoms with Gasteiger partial charge in [-0.1, -0.05) is 30.3 Å². The quantitative estimate of drug-likeness (QED) is 0.529. The largest absolute Gasteiger partial charge is 0.326 e. The van der Waals surface area contributed by atoms with E-state index < -0.39 is 0 Å². The van der Waals surface area contributed by atoms with Crippen LogP contribution in [0.15, 0.2) is 59.0 Å². The molecule has 3 rings (SSSR count). The summed E-state index contributed by atoms with van der Waals surface area (Å²) in [6.07, 6.45) is 1.42. The van der Waals surface area contributed by atoms with E-state index in [1.54, 1.807) is 18.2 Å². The lowest BCUT2D eigenvalue weighted by Crippen LogP contribution is -2.05. The van der Waals surface area contributed by atoms with E-state index in [4.69, 9.17) is 0 Å². The molecular weight excluding hydrogens is 339 g/mol. The number of carbonyl (C=O) groups is 1. The standard InChI is InChI=1S/C18H15FN4OS/c1-12(24)21-15-8-6-13(7-9-15)17-11-25-18(22-17)23-20-10-14-4-2-3-5-16(14)19/h2-11H,1H3,(H,21,24)(H,22,23)/b20-10-. The number of halogens is 1. The Kier molecular flexibility index (Phi) is 5.15. The highest BCUT2D eigenvalue weighted by Crippen LogP contribution is 2.26. The summed E-state index contributed by atoms with van der Waals surface area (Å²) in [6.45, 7) is 1.47. The molecule has 0 unspecified atom stereocenters. The predicted molar refractivity (Wildman–Crippen MR) is 99.5 cm³/mol. The average Bonchev–Trinajstić information content (AvgIpc) is 3.06. The highest BCUT2D eigenvalue weighted by molar-refractivity contribution is 7.14. The van der Waals surface area contributed by atoms with Gasteiger partial charge >= 0.3 is 0 Å². The van der Waals surface area contributed by atoms with Crippen LogP contribution >= 0.6 is 11.3 Å². The third-order valence-corrected chi connectivity index (χ3v) is 4.02. The van der Waals surface area contributed by atoms with Crippen LogP contribution in [-0.2, 0) is 4.79 Å². The smallest absolute Gasteiger partial charge is 0.221 e. The minimum absolute atomic E-state index is 0.111. The lowest BCUT2D eigenvalue weighted by molar-refractivity contribution is -0.114. The van der Waals surface area contributed by atoms with E-state index in [1.165, 1.54) is 30.5 Å². The number of hydrogen-bond donors (Lipinski definition) is 2. The summed E-state index contributed by atoms with van der Waals surface area (Å²) < 4.78 is 13.5. The number of aromatic nitrogens is 1. The summed E-state index contributed by atoms with van der Waals surface area (Å²) in [5, 5.41) is 9.23. The molecule has 1 heterocycles. The molecule has 5 nitrogen and oxygen atoms in total. The minimum atomic E-state index is -0.327. The first-order valence-corrected chi connectivity index (χ1v) is 8.37. The molecule has 25 heavy (non-hydrogen) atoms. The van der Waals surface area contributed by atoms with Gasteiger partial charge in [0.1, 0.15) is 5.82 Å². The maximum atomic E-state index is 13.5. The number of benzene rings is 2. The number of hydrazone groups is 1. The van der Waals surface area contributed by atoms with Crippen molar-refractivity contribution in [3.63, 3.8) is 0 Å². The van der Waals surface area contributed by atoms with Crippen LogP contribution in [0, 0.1) is 5.82 Å². The normalized spacial score (nSPS) is 10.8. The van der Waals surface area contributed by atoms with Crippen LogP contribution in [0.2, 0.25) is 0 Å². The minimum Gasteiger partial charge on any atom is -0.326 e. The molecule has 0 bridgehead atoms. The molecule has 0 saturated heterocycles. The first-order valence-electron chi connectivity index (χ1n) is 7.49. The number of hydrogen-bond acceptors (Lipinski definition) is 5. The van der Waals surface area contributed by atoms with Crippen molar-refractivity contribution >= 4 is 34.3 Å². The molecule has 1 amide bonds. The molecule has 0 aliphatic rings. The Morgan fingerprint density at radius 1 is 1.20 bits per heavy atom. The van der Waals surface area contributed by atoms with Crippen molar-refractivity contribution in [3.05, 3.63) is 65.3 Å². The van der Waals surface area contributed by atoms with E-state index in [1.807, 2.05) is 29.6 Å². The van der Waals surface area contributed by atoms with Gasteiger partial charge in [-0.3, -0.25) is 10.2 Å². The van der Waals surface area contributed by atoms with Crippen molar-refractivity contribution < 1.29 is 9.18 Å². The van der Waals surface area contributed by atoms with Gasteiger partial charge in [0.15, 0.2) is 0 Å². The molecule has 7 heteroatoms. The summed E-state index contributed by atoms with van der Waals surface area (Å²) in [5.74, 6) is -0.437. The lowest BCUT2D eigenvalue weighted by atomic mass is 10.1. The second-order valence-electron chi connectivity index (χ2n) is 5.19. The monoisotopic (exact) mass is 354 g/mol. The van der Waals surface area contributed by atoms with Gasteiger partial charge in [-0.15, -0.1) is 11.3 Å². The maximum absolute atomic E-state index is 13.5. The molecule has 1 aromatic heterocycles. The van der Waals surface area contributed by atoms with Crippen LogP contribution in [0.5, 0.6) is 0 Å². The van der Waals surface area contributed by atoms with Gasteiger partial charge < -0.3 is 5.32 Å². The van der Waals surface area contributed by atoms with Gasteiger partial charge in [0.05, 0.1) is 11.9 Å². The third-order valence-electron chi connectivity index (χ3n) is 3.27. The summed E-state index contributed by atoms with van der Waals surface area (Å²) in [5.41, 5.74) is 5.66. The van der Waals surface area contributed by atoms with Gasteiger partial charge in [0.2, 0.25) is 11.0 Å². The molecule has 2 aromatic carbocycles. The number of nitrogens with zero attached hydrogens (tertiary/aromatic N) is 2. The number of rotatable bonds is 5. The maximum Gasteiger partial charge on any atom is 0.221 e. The zero-order valence-electron chi connectivity index (χ0n) is 13.4. The number of nitrogens with one attached hydrogen (secondary N) is 2. The molecule has 0 saturated carbocycles. The Bertz CT molecular complexity index is 905. The second-order valence-corrected chi connectivity index (χ2v) is 6.05. The molecule has 0 spiro atoms. The molecule has 3 aromatic rings. The van der Waals surface area contributed by atoms with Crippen molar-refractivity contribution in [3.8, 4) is 11.3 Å². The van der Waals surface area contributed by atoms with Gasteiger partial charge in [-0.2, -0.15) is 5.10 Å². The fourth-order valence-corrected chi connectivity index (χ4v) is 2.79. The van der Waals surface area contributed by atoms with Crippen molar-refractivity contribution in [1.29, 1.82) is 0 Å². The molecule has 0 radical (unpaired) electrons. The number of carbonyl (C=O) groups excluding carboxylic acids is 1. The van der Waals surface area contributed by atoms with E-state index in [0.29, 0.717) is 10.7 Å². The summed E-state index contributed by atoms with van der Waals surface area (Å²) in [4.78, 5) is 15.5. The van der Waals surface area contributed by atoms with Crippen LogP contribution in [0.3, 0.4) is 0 Å². The number of amides is 1. The highest BCUT2D eigenvalue weighted by atomic mass is 32.1. The fourth-order valence-electron chi connectivity index (χ4n) is 2.12. The number of anilines is 2. The van der Waals surface area contributed by atoms with E-state index in [9.17, 15) is 9.18 Å². The lowest BCUT2D eigenvalue weighted by Gasteiger charge is -2.02. The summed E-state index contributed by atoms with van der Waals surface area (Å²) >= 11 is 1.40. The molecule has 2 N–H and O–H groups in total. The Labute approximate surface area is 148 Å². The first kappa shape index (κ1) is 16.8. The van der Waals surface area contributed by atoms with Crippen LogP contribution in [-0.4, -0.2) is 17.1 Å². The Balaban J connectivity index is 1.66. The van der Waals surface area contributed by atoms with Crippen LogP contribution in [0.4, 0.5) is 15.2 Å². The summed E-state index contributed by atoms with van der Waals surface area (Å²) in [7, 11) is 0. The first-order chi connectivity index (χ1) is 12.1. The third kappa shape index (κ3) is 4.48. The van der Waals surface area contributed by atoms with E-state index >= 15 is 0 Å². The van der Waals surface area contributed by atoms with Gasteiger partial charge in [0, 0.05) is 29.1 Å². The zero-order valence-corrected chi connectivity index (χ0v) is 14.2. The fraction of sp³-hybridized carbons (Fsp3) is 0.0556. The van der Waals surface area contributed by atoms with Crippen molar-refractivity contribution in [2.75, 3.05) is 10.7 Å². The molecule has 0 atom stereocenters. The molecule has 126 valence electrons. The highest BCUT2D eigenvalue weighted by Gasteiger charge is 2.05. The topological polar surface area (TPSA) is 66.4 Å². The predicted octanol–water partition coefficient (Wildman–Crippen LogP) is 4.35. The van der Waals surface area contributed by atoms with Crippen LogP contribution in [0.1, 0.15) is 12.5 Å². The Hall–Kier alpha value is -3.06. The van der Waals surface area contributed by atoms with E-state index in [-0.39, 0.29) is 11.7 Å². The summed E-state index contributed by atoms with van der Waals surface area (Å²) in [6, 6.07) is 13.8. The Morgan fingerprint density at radius 2 is 1.96 bits per heavy atom. The SMILES string of the molecule is CC(=O)Nc1ccc(-c2csc(N/N=C\c3ccccc3F)n2)cc1. The molecule has 0 aliphatic heterocycles. The zero-order chi connectivity index (χ0) is 17.6. The average molecular weight is 354 g/mol. The molecular formula is C18H15FN4OS. The van der Waals surface area contributed by atoms with Crippen LogP contribution in [0.25, 0.3) is 11.3 Å². The van der Waals surface area contributed by atoms with Gasteiger partial charge in [-0.05, 0) is 18.2 Å².